The lowest BCUT2D eigenvalue weighted by Gasteiger charge is -2.24. The second-order valence-corrected chi connectivity index (χ2v) is 7.80. The number of rotatable bonds is 5. The van der Waals surface area contributed by atoms with E-state index in [1.54, 1.807) is 7.11 Å². The standard InChI is InChI=1S/C24H25N3O2/c1-29-16-10-11-21-19(13-16)18-6-4-8-22(24(18)27-21)26-23(28)12-9-15-14-25-20-7-3-2-5-17(15)20/h2-3,5,7,10-11,13-14,22,25,27H,4,6,8-9,12H2,1H3,(H,26,28)/t22-/m0/s1. The maximum Gasteiger partial charge on any atom is 0.220 e. The molecular formula is C24H25N3O2. The quantitative estimate of drug-likeness (QED) is 0.461. The molecule has 0 aliphatic heterocycles. The van der Waals surface area contributed by atoms with Crippen molar-refractivity contribution in [2.75, 3.05) is 7.11 Å². The Morgan fingerprint density at radius 1 is 1.17 bits per heavy atom. The number of aromatic nitrogens is 2. The van der Waals surface area contributed by atoms with Crippen LogP contribution >= 0.6 is 0 Å². The van der Waals surface area contributed by atoms with Gasteiger partial charge in [0, 0.05) is 40.1 Å². The van der Waals surface area contributed by atoms with E-state index in [0.29, 0.717) is 6.42 Å². The van der Waals surface area contributed by atoms with Crippen molar-refractivity contribution >= 4 is 27.7 Å². The summed E-state index contributed by atoms with van der Waals surface area (Å²) in [4.78, 5) is 19.5. The second-order valence-electron chi connectivity index (χ2n) is 7.80. The van der Waals surface area contributed by atoms with Crippen LogP contribution < -0.4 is 10.1 Å². The van der Waals surface area contributed by atoms with Crippen molar-refractivity contribution in [3.05, 3.63) is 65.5 Å². The second kappa shape index (κ2) is 7.32. The van der Waals surface area contributed by atoms with E-state index in [1.165, 1.54) is 21.9 Å². The van der Waals surface area contributed by atoms with Crippen LogP contribution in [0.2, 0.25) is 0 Å². The molecule has 1 aliphatic carbocycles. The summed E-state index contributed by atoms with van der Waals surface area (Å²) in [5.41, 5.74) is 5.88. The predicted molar refractivity (Wildman–Crippen MR) is 115 cm³/mol. The first-order valence-electron chi connectivity index (χ1n) is 10.3. The lowest BCUT2D eigenvalue weighted by atomic mass is 9.91. The van der Waals surface area contributed by atoms with Crippen molar-refractivity contribution in [3.8, 4) is 5.75 Å². The molecule has 2 aromatic carbocycles. The fourth-order valence-electron chi connectivity index (χ4n) is 4.57. The van der Waals surface area contributed by atoms with E-state index in [-0.39, 0.29) is 11.9 Å². The summed E-state index contributed by atoms with van der Waals surface area (Å²) in [6, 6.07) is 14.4. The summed E-state index contributed by atoms with van der Waals surface area (Å²) >= 11 is 0. The molecule has 1 amide bonds. The third kappa shape index (κ3) is 3.27. The SMILES string of the molecule is COc1ccc2[nH]c3c(c2c1)CCC[C@@H]3NC(=O)CCc1c[nH]c2ccccc12. The van der Waals surface area contributed by atoms with Gasteiger partial charge in [0.05, 0.1) is 13.2 Å². The van der Waals surface area contributed by atoms with Gasteiger partial charge in [0.2, 0.25) is 5.91 Å². The summed E-state index contributed by atoms with van der Waals surface area (Å²) in [6.45, 7) is 0. The monoisotopic (exact) mass is 387 g/mol. The van der Waals surface area contributed by atoms with Gasteiger partial charge >= 0.3 is 0 Å². The lowest BCUT2D eigenvalue weighted by Crippen LogP contribution is -2.31. The number of aromatic amines is 2. The zero-order valence-corrected chi connectivity index (χ0v) is 16.5. The van der Waals surface area contributed by atoms with Gasteiger partial charge in [-0.1, -0.05) is 18.2 Å². The molecule has 0 saturated carbocycles. The first kappa shape index (κ1) is 17.9. The van der Waals surface area contributed by atoms with Gasteiger partial charge in [-0.15, -0.1) is 0 Å². The number of benzene rings is 2. The van der Waals surface area contributed by atoms with Gasteiger partial charge in [0.15, 0.2) is 0 Å². The Balaban J connectivity index is 1.31. The van der Waals surface area contributed by atoms with E-state index in [0.717, 1.165) is 48.2 Å². The first-order valence-corrected chi connectivity index (χ1v) is 10.3. The van der Waals surface area contributed by atoms with Crippen LogP contribution in [0.1, 0.15) is 42.1 Å². The number of hydrogen-bond acceptors (Lipinski definition) is 2. The molecule has 5 rings (SSSR count). The largest absolute Gasteiger partial charge is 0.497 e. The molecule has 0 bridgehead atoms. The third-order valence-electron chi connectivity index (χ3n) is 6.05. The molecule has 1 atom stereocenters. The molecule has 0 fully saturated rings. The van der Waals surface area contributed by atoms with Crippen LogP contribution in [0, 0.1) is 0 Å². The smallest absolute Gasteiger partial charge is 0.220 e. The highest BCUT2D eigenvalue weighted by molar-refractivity contribution is 5.87. The highest BCUT2D eigenvalue weighted by Gasteiger charge is 2.25. The van der Waals surface area contributed by atoms with Crippen LogP contribution in [-0.4, -0.2) is 23.0 Å². The molecule has 2 aromatic heterocycles. The number of H-pyrrole nitrogens is 2. The average Bonchev–Trinajstić information content (AvgIpc) is 3.34. The van der Waals surface area contributed by atoms with E-state index < -0.39 is 0 Å². The van der Waals surface area contributed by atoms with Crippen LogP contribution in [0.3, 0.4) is 0 Å². The normalized spacial score (nSPS) is 16.1. The number of carbonyl (C=O) groups is 1. The van der Waals surface area contributed by atoms with Gasteiger partial charge in [-0.2, -0.15) is 0 Å². The average molecular weight is 387 g/mol. The summed E-state index contributed by atoms with van der Waals surface area (Å²) in [7, 11) is 1.69. The minimum absolute atomic E-state index is 0.0487. The Labute approximate surface area is 169 Å². The molecule has 2 heterocycles. The molecule has 0 saturated heterocycles. The molecule has 5 nitrogen and oxygen atoms in total. The number of carbonyl (C=O) groups excluding carboxylic acids is 1. The van der Waals surface area contributed by atoms with Crippen molar-refractivity contribution < 1.29 is 9.53 Å². The molecule has 0 unspecified atom stereocenters. The zero-order valence-electron chi connectivity index (χ0n) is 16.5. The molecular weight excluding hydrogens is 362 g/mol. The van der Waals surface area contributed by atoms with E-state index in [4.69, 9.17) is 4.74 Å². The van der Waals surface area contributed by atoms with Crippen LogP contribution in [0.15, 0.2) is 48.7 Å². The molecule has 0 spiro atoms. The molecule has 3 N–H and O–H groups in total. The predicted octanol–water partition coefficient (Wildman–Crippen LogP) is 4.78. The van der Waals surface area contributed by atoms with Crippen LogP contribution in [0.25, 0.3) is 21.8 Å². The van der Waals surface area contributed by atoms with E-state index >= 15 is 0 Å². The summed E-state index contributed by atoms with van der Waals surface area (Å²) in [5, 5.41) is 5.67. The summed E-state index contributed by atoms with van der Waals surface area (Å²) in [5.74, 6) is 0.966. The topological polar surface area (TPSA) is 69.9 Å². The number of fused-ring (bicyclic) bond motifs is 4. The molecule has 5 heteroatoms. The fourth-order valence-corrected chi connectivity index (χ4v) is 4.57. The van der Waals surface area contributed by atoms with Gasteiger partial charge in [-0.25, -0.2) is 0 Å². The first-order chi connectivity index (χ1) is 14.2. The zero-order chi connectivity index (χ0) is 19.8. The minimum Gasteiger partial charge on any atom is -0.497 e. The van der Waals surface area contributed by atoms with Gasteiger partial charge in [-0.3, -0.25) is 4.79 Å². The number of para-hydroxylation sites is 1. The molecule has 1 aliphatic rings. The molecule has 29 heavy (non-hydrogen) atoms. The van der Waals surface area contributed by atoms with E-state index in [9.17, 15) is 4.79 Å². The van der Waals surface area contributed by atoms with Crippen molar-refractivity contribution in [3.63, 3.8) is 0 Å². The van der Waals surface area contributed by atoms with Gasteiger partial charge in [-0.05, 0) is 61.1 Å². The Morgan fingerprint density at radius 3 is 2.97 bits per heavy atom. The Hall–Kier alpha value is -3.21. The summed E-state index contributed by atoms with van der Waals surface area (Å²) in [6.07, 6.45) is 6.31. The highest BCUT2D eigenvalue weighted by Crippen LogP contribution is 2.36. The fraction of sp³-hybridized carbons (Fsp3) is 0.292. The number of ether oxygens (including phenoxy) is 1. The Bertz CT molecular complexity index is 1190. The van der Waals surface area contributed by atoms with Crippen LogP contribution in [-0.2, 0) is 17.6 Å². The van der Waals surface area contributed by atoms with Crippen LogP contribution in [0.4, 0.5) is 0 Å². The Morgan fingerprint density at radius 2 is 2.07 bits per heavy atom. The van der Waals surface area contributed by atoms with Gasteiger partial charge in [0.25, 0.3) is 0 Å². The maximum atomic E-state index is 12.7. The van der Waals surface area contributed by atoms with Crippen LogP contribution in [0.5, 0.6) is 5.75 Å². The van der Waals surface area contributed by atoms with E-state index in [2.05, 4.69) is 39.6 Å². The Kier molecular flexibility index (Phi) is 4.51. The van der Waals surface area contributed by atoms with Crippen molar-refractivity contribution in [1.82, 2.24) is 15.3 Å². The highest BCUT2D eigenvalue weighted by atomic mass is 16.5. The third-order valence-corrected chi connectivity index (χ3v) is 6.05. The van der Waals surface area contributed by atoms with Gasteiger partial charge < -0.3 is 20.0 Å². The lowest BCUT2D eigenvalue weighted by molar-refractivity contribution is -0.121. The van der Waals surface area contributed by atoms with Crippen molar-refractivity contribution in [2.45, 2.75) is 38.1 Å². The number of methoxy groups -OCH3 is 1. The minimum atomic E-state index is 0.0487. The molecule has 4 aromatic rings. The summed E-state index contributed by atoms with van der Waals surface area (Å²) < 4.78 is 5.39. The number of amides is 1. The number of nitrogens with one attached hydrogen (secondary N) is 3. The molecule has 148 valence electrons. The van der Waals surface area contributed by atoms with E-state index in [1.807, 2.05) is 24.4 Å². The van der Waals surface area contributed by atoms with Crippen molar-refractivity contribution in [2.24, 2.45) is 0 Å². The van der Waals surface area contributed by atoms with Crippen molar-refractivity contribution in [1.29, 1.82) is 0 Å². The number of hydrogen-bond donors (Lipinski definition) is 3. The molecule has 0 radical (unpaired) electrons. The van der Waals surface area contributed by atoms with Gasteiger partial charge in [0.1, 0.15) is 5.75 Å². The maximum absolute atomic E-state index is 12.7. The number of aryl methyl sites for hydroxylation is 2.